The summed E-state index contributed by atoms with van der Waals surface area (Å²) < 4.78 is 5.59. The van der Waals surface area contributed by atoms with E-state index in [2.05, 4.69) is 13.2 Å². The average Bonchev–Trinajstić information content (AvgIpc) is 2.44. The minimum absolute atomic E-state index is 0.0778. The molecular weight excluding hydrogens is 254 g/mol. The van der Waals surface area contributed by atoms with Crippen LogP contribution in [-0.4, -0.2) is 18.1 Å². The van der Waals surface area contributed by atoms with Gasteiger partial charge in [0.2, 0.25) is 6.54 Å². The second kappa shape index (κ2) is 8.91. The Morgan fingerprint density at radius 1 is 1.30 bits per heavy atom. The molecule has 0 bridgehead atoms. The predicted octanol–water partition coefficient (Wildman–Crippen LogP) is 3.97. The molecular formula is C16H21NO3. The molecule has 1 aromatic rings. The highest BCUT2D eigenvalue weighted by molar-refractivity contribution is 5.36. The zero-order valence-electron chi connectivity index (χ0n) is 11.7. The summed E-state index contributed by atoms with van der Waals surface area (Å²) in [5, 5.41) is 10.9. The Balaban J connectivity index is 2.89. The van der Waals surface area contributed by atoms with Gasteiger partial charge in [-0.05, 0) is 25.3 Å². The predicted molar refractivity (Wildman–Crippen MR) is 80.8 cm³/mol. The molecule has 0 radical (unpaired) electrons. The van der Waals surface area contributed by atoms with Crippen molar-refractivity contribution in [2.45, 2.75) is 25.2 Å². The lowest BCUT2D eigenvalue weighted by Crippen LogP contribution is -2.14. The number of nitrogens with zero attached hydrogens (tertiary/aromatic N) is 1. The van der Waals surface area contributed by atoms with Crippen molar-refractivity contribution in [3.63, 3.8) is 0 Å². The molecule has 0 aliphatic rings. The molecule has 0 saturated carbocycles. The highest BCUT2D eigenvalue weighted by Gasteiger charge is 2.20. The molecule has 4 heteroatoms. The minimum Gasteiger partial charge on any atom is -0.489 e. The molecule has 0 spiro atoms. The fraction of sp³-hybridized carbons (Fsp3) is 0.375. The third kappa shape index (κ3) is 5.26. The number of hydrogen-bond acceptors (Lipinski definition) is 3. The maximum Gasteiger partial charge on any atom is 0.210 e. The van der Waals surface area contributed by atoms with Crippen LogP contribution in [0.25, 0.3) is 0 Å². The van der Waals surface area contributed by atoms with Crippen LogP contribution in [0.3, 0.4) is 0 Å². The van der Waals surface area contributed by atoms with E-state index in [4.69, 9.17) is 4.74 Å². The molecule has 0 heterocycles. The van der Waals surface area contributed by atoms with Crippen LogP contribution in [0.4, 0.5) is 0 Å². The number of rotatable bonds is 10. The Hall–Kier alpha value is -2.10. The van der Waals surface area contributed by atoms with Crippen molar-refractivity contribution >= 4 is 0 Å². The van der Waals surface area contributed by atoms with Gasteiger partial charge in [-0.2, -0.15) is 0 Å². The molecule has 0 N–H and O–H groups in total. The van der Waals surface area contributed by atoms with E-state index in [1.165, 1.54) is 0 Å². The van der Waals surface area contributed by atoms with Crippen LogP contribution in [0.1, 0.15) is 30.7 Å². The monoisotopic (exact) mass is 275 g/mol. The first-order valence-electron chi connectivity index (χ1n) is 6.74. The summed E-state index contributed by atoms with van der Waals surface area (Å²) in [7, 11) is 0. The summed E-state index contributed by atoms with van der Waals surface area (Å²) in [5.41, 5.74) is 0.898. The molecule has 20 heavy (non-hydrogen) atoms. The van der Waals surface area contributed by atoms with Crippen LogP contribution in [0.2, 0.25) is 0 Å². The number of allylic oxidation sites excluding steroid dienone is 1. The lowest BCUT2D eigenvalue weighted by molar-refractivity contribution is -0.483. The van der Waals surface area contributed by atoms with E-state index >= 15 is 0 Å². The first-order valence-corrected chi connectivity index (χ1v) is 6.74. The SMILES string of the molecule is C=CCCCC(C[N+](=O)[O-])c1ccccc1OCC=C. The molecule has 0 aliphatic heterocycles. The summed E-state index contributed by atoms with van der Waals surface area (Å²) in [4.78, 5) is 10.6. The molecule has 1 aromatic carbocycles. The van der Waals surface area contributed by atoms with Crippen molar-refractivity contribution in [2.24, 2.45) is 0 Å². The van der Waals surface area contributed by atoms with Gasteiger partial charge in [0.25, 0.3) is 0 Å². The molecule has 1 atom stereocenters. The number of hydrogen-bond donors (Lipinski definition) is 0. The quantitative estimate of drug-likeness (QED) is 0.281. The Labute approximate surface area is 119 Å². The molecule has 4 nitrogen and oxygen atoms in total. The van der Waals surface area contributed by atoms with Gasteiger partial charge in [-0.1, -0.05) is 36.9 Å². The number of nitro groups is 1. The maximum atomic E-state index is 10.9. The topological polar surface area (TPSA) is 52.4 Å². The fourth-order valence-electron chi connectivity index (χ4n) is 2.13. The first-order chi connectivity index (χ1) is 9.69. The molecule has 0 amide bonds. The van der Waals surface area contributed by atoms with Gasteiger partial charge in [0.05, 0.1) is 5.92 Å². The van der Waals surface area contributed by atoms with Crippen LogP contribution >= 0.6 is 0 Å². The largest absolute Gasteiger partial charge is 0.489 e. The number of benzene rings is 1. The number of unbranched alkanes of at least 4 members (excludes halogenated alkanes) is 1. The molecule has 108 valence electrons. The van der Waals surface area contributed by atoms with Gasteiger partial charge in [0, 0.05) is 10.5 Å². The molecule has 0 fully saturated rings. The molecule has 1 rings (SSSR count). The van der Waals surface area contributed by atoms with E-state index in [1.807, 2.05) is 30.3 Å². The molecule has 0 aromatic heterocycles. The van der Waals surface area contributed by atoms with Gasteiger partial charge in [-0.3, -0.25) is 10.1 Å². The van der Waals surface area contributed by atoms with Crippen LogP contribution < -0.4 is 4.74 Å². The summed E-state index contributed by atoms with van der Waals surface area (Å²) in [6.45, 7) is 7.61. The third-order valence-corrected chi connectivity index (χ3v) is 3.05. The highest BCUT2D eigenvalue weighted by Crippen LogP contribution is 2.30. The van der Waals surface area contributed by atoms with Gasteiger partial charge in [0.1, 0.15) is 12.4 Å². The zero-order valence-corrected chi connectivity index (χ0v) is 11.7. The Morgan fingerprint density at radius 3 is 2.70 bits per heavy atom. The van der Waals surface area contributed by atoms with Gasteiger partial charge in [-0.15, -0.1) is 6.58 Å². The summed E-state index contributed by atoms with van der Waals surface area (Å²) >= 11 is 0. The summed E-state index contributed by atoms with van der Waals surface area (Å²) in [6, 6.07) is 7.51. The molecule has 0 aliphatic carbocycles. The second-order valence-corrected chi connectivity index (χ2v) is 4.57. The van der Waals surface area contributed by atoms with Gasteiger partial charge in [0.15, 0.2) is 0 Å². The number of para-hydroxylation sites is 1. The summed E-state index contributed by atoms with van der Waals surface area (Å²) in [5.74, 6) is 0.573. The highest BCUT2D eigenvalue weighted by atomic mass is 16.6. The van der Waals surface area contributed by atoms with E-state index in [9.17, 15) is 10.1 Å². The van der Waals surface area contributed by atoms with Crippen molar-refractivity contribution in [3.8, 4) is 5.75 Å². The summed E-state index contributed by atoms with van der Waals surface area (Å²) in [6.07, 6.45) is 6.00. The van der Waals surface area contributed by atoms with E-state index in [0.29, 0.717) is 12.4 Å². The average molecular weight is 275 g/mol. The zero-order chi connectivity index (χ0) is 14.8. The Morgan fingerprint density at radius 2 is 2.05 bits per heavy atom. The smallest absolute Gasteiger partial charge is 0.210 e. The maximum absolute atomic E-state index is 10.9. The Bertz CT molecular complexity index is 457. The molecule has 0 saturated heterocycles. The lowest BCUT2D eigenvalue weighted by Gasteiger charge is -2.17. The van der Waals surface area contributed by atoms with Crippen LogP contribution in [-0.2, 0) is 0 Å². The van der Waals surface area contributed by atoms with Crippen molar-refractivity contribution < 1.29 is 9.66 Å². The van der Waals surface area contributed by atoms with E-state index in [-0.39, 0.29) is 17.4 Å². The van der Waals surface area contributed by atoms with E-state index in [1.54, 1.807) is 6.08 Å². The Kier molecular flexibility index (Phi) is 7.11. The van der Waals surface area contributed by atoms with Crippen molar-refractivity contribution in [3.05, 3.63) is 65.3 Å². The second-order valence-electron chi connectivity index (χ2n) is 4.57. The van der Waals surface area contributed by atoms with E-state index < -0.39 is 0 Å². The fourth-order valence-corrected chi connectivity index (χ4v) is 2.13. The third-order valence-electron chi connectivity index (χ3n) is 3.05. The standard InChI is InChI=1S/C16H21NO3/c1-3-5-6-9-14(13-17(18)19)15-10-7-8-11-16(15)20-12-4-2/h3-4,7-8,10-11,14H,1-2,5-6,9,12-13H2. The molecule has 1 unspecified atom stereocenters. The van der Waals surface area contributed by atoms with Crippen LogP contribution in [0.15, 0.2) is 49.6 Å². The van der Waals surface area contributed by atoms with Crippen LogP contribution in [0.5, 0.6) is 5.75 Å². The van der Waals surface area contributed by atoms with Crippen molar-refractivity contribution in [1.82, 2.24) is 0 Å². The van der Waals surface area contributed by atoms with Crippen molar-refractivity contribution in [2.75, 3.05) is 13.2 Å². The minimum atomic E-state index is -0.261. The van der Waals surface area contributed by atoms with Gasteiger partial charge in [-0.25, -0.2) is 0 Å². The normalized spacial score (nSPS) is 11.6. The van der Waals surface area contributed by atoms with Crippen molar-refractivity contribution in [1.29, 1.82) is 0 Å². The lowest BCUT2D eigenvalue weighted by atomic mass is 9.92. The number of ether oxygens (including phenoxy) is 1. The van der Waals surface area contributed by atoms with Crippen LogP contribution in [0, 0.1) is 10.1 Å². The first kappa shape index (κ1) is 16.0. The van der Waals surface area contributed by atoms with Gasteiger partial charge < -0.3 is 4.74 Å². The van der Waals surface area contributed by atoms with E-state index in [0.717, 1.165) is 24.8 Å². The van der Waals surface area contributed by atoms with Gasteiger partial charge >= 0.3 is 0 Å².